The van der Waals surface area contributed by atoms with Crippen molar-refractivity contribution in [3.63, 3.8) is 0 Å². The normalized spacial score (nSPS) is 11.1. The van der Waals surface area contributed by atoms with E-state index < -0.39 is 0 Å². The summed E-state index contributed by atoms with van der Waals surface area (Å²) in [7, 11) is 0. The zero-order valence-electron chi connectivity index (χ0n) is 13.2. The van der Waals surface area contributed by atoms with Crippen molar-refractivity contribution in [2.45, 2.75) is 13.8 Å². The van der Waals surface area contributed by atoms with Gasteiger partial charge in [-0.3, -0.25) is 4.40 Å². The molecule has 0 aliphatic heterocycles. The van der Waals surface area contributed by atoms with Crippen LogP contribution in [0, 0.1) is 13.8 Å². The fourth-order valence-corrected chi connectivity index (χ4v) is 3.61. The first-order valence-corrected chi connectivity index (χ1v) is 8.80. The molecule has 4 aromatic rings. The molecule has 1 N–H and O–H groups in total. The Labute approximate surface area is 148 Å². The maximum absolute atomic E-state index is 6.14. The molecule has 4 rings (SSSR count). The minimum absolute atomic E-state index is 0.675. The number of hydrogen-bond donors (Lipinski definition) is 1. The van der Waals surface area contributed by atoms with Gasteiger partial charge in [-0.25, -0.2) is 9.97 Å². The first-order valence-electron chi connectivity index (χ1n) is 7.54. The maximum Gasteiger partial charge on any atom is 0.187 e. The average Bonchev–Trinajstić information content (AvgIpc) is 3.10. The van der Waals surface area contributed by atoms with Crippen molar-refractivity contribution < 1.29 is 0 Å². The van der Waals surface area contributed by atoms with E-state index in [1.54, 1.807) is 11.3 Å². The summed E-state index contributed by atoms with van der Waals surface area (Å²) in [5.41, 5.74) is 5.92. The Kier molecular flexibility index (Phi) is 3.75. The van der Waals surface area contributed by atoms with Crippen molar-refractivity contribution >= 4 is 39.4 Å². The van der Waals surface area contributed by atoms with Crippen molar-refractivity contribution in [3.05, 3.63) is 64.3 Å². The van der Waals surface area contributed by atoms with E-state index in [1.165, 1.54) is 5.56 Å². The highest BCUT2D eigenvalue weighted by molar-refractivity contribution is 7.14. The zero-order valence-corrected chi connectivity index (χ0v) is 14.8. The van der Waals surface area contributed by atoms with E-state index in [0.29, 0.717) is 5.02 Å². The summed E-state index contributed by atoms with van der Waals surface area (Å²) in [5, 5.41) is 6.92. The van der Waals surface area contributed by atoms with Gasteiger partial charge in [0, 0.05) is 17.3 Å². The molecule has 0 aliphatic carbocycles. The molecular formula is C18H15ClN4S. The van der Waals surface area contributed by atoms with Gasteiger partial charge in [0.05, 0.1) is 16.4 Å². The van der Waals surface area contributed by atoms with Crippen molar-refractivity contribution in [2.75, 3.05) is 5.32 Å². The van der Waals surface area contributed by atoms with Gasteiger partial charge in [-0.05, 0) is 43.7 Å². The lowest BCUT2D eigenvalue weighted by molar-refractivity contribution is 1.17. The van der Waals surface area contributed by atoms with Crippen molar-refractivity contribution in [1.82, 2.24) is 14.4 Å². The molecule has 0 amide bonds. The molecule has 0 radical (unpaired) electrons. The summed E-state index contributed by atoms with van der Waals surface area (Å²) in [6.45, 7) is 4.06. The molecule has 0 saturated carbocycles. The fourth-order valence-electron chi connectivity index (χ4n) is 2.73. The highest BCUT2D eigenvalue weighted by Crippen LogP contribution is 2.30. The van der Waals surface area contributed by atoms with Crippen LogP contribution in [0.1, 0.15) is 11.3 Å². The predicted octanol–water partition coefficient (Wildman–Crippen LogP) is 5.47. The molecule has 6 heteroatoms. The van der Waals surface area contributed by atoms with Crippen LogP contribution in [0.25, 0.3) is 17.0 Å². The average molecular weight is 355 g/mol. The molecule has 0 aliphatic rings. The van der Waals surface area contributed by atoms with Crippen LogP contribution in [0.15, 0.2) is 48.0 Å². The lowest BCUT2D eigenvalue weighted by atomic mass is 10.2. The van der Waals surface area contributed by atoms with E-state index in [0.717, 1.165) is 33.5 Å². The van der Waals surface area contributed by atoms with E-state index in [2.05, 4.69) is 29.4 Å². The number of anilines is 2. The summed E-state index contributed by atoms with van der Waals surface area (Å²) >= 11 is 7.71. The molecule has 0 unspecified atom stereocenters. The molecule has 0 bridgehead atoms. The second kappa shape index (κ2) is 5.92. The third-order valence-corrected chi connectivity index (χ3v) is 4.75. The molecule has 3 aromatic heterocycles. The largest absolute Gasteiger partial charge is 0.332 e. The summed E-state index contributed by atoms with van der Waals surface area (Å²) in [6.07, 6.45) is 1.87. The SMILES string of the molecule is Cc1cccc(Nc2nc(-c3c(C)nc4ccc(Cl)cn34)cs2)c1. The number of pyridine rings is 1. The topological polar surface area (TPSA) is 42.2 Å². The van der Waals surface area contributed by atoms with Gasteiger partial charge in [0.1, 0.15) is 11.3 Å². The van der Waals surface area contributed by atoms with Gasteiger partial charge >= 0.3 is 0 Å². The standard InChI is InChI=1S/C18H15ClN4S/c1-11-4-3-5-14(8-11)21-18-22-15(10-24-18)17-12(2)20-16-7-6-13(19)9-23(16)17/h3-10H,1-2H3,(H,21,22). The Morgan fingerprint density at radius 2 is 2.00 bits per heavy atom. The second-order valence-corrected chi connectivity index (χ2v) is 6.95. The lowest BCUT2D eigenvalue weighted by Crippen LogP contribution is -1.92. The van der Waals surface area contributed by atoms with Crippen LogP contribution < -0.4 is 5.32 Å². The second-order valence-electron chi connectivity index (χ2n) is 5.65. The number of benzene rings is 1. The molecule has 4 nitrogen and oxygen atoms in total. The Bertz CT molecular complexity index is 1030. The summed E-state index contributed by atoms with van der Waals surface area (Å²) < 4.78 is 1.99. The minimum Gasteiger partial charge on any atom is -0.332 e. The highest BCUT2D eigenvalue weighted by atomic mass is 35.5. The molecule has 0 spiro atoms. The number of imidazole rings is 1. The molecule has 120 valence electrons. The number of nitrogens with zero attached hydrogens (tertiary/aromatic N) is 3. The number of aromatic nitrogens is 3. The molecule has 3 heterocycles. The van der Waals surface area contributed by atoms with Gasteiger partial charge in [0.25, 0.3) is 0 Å². The maximum atomic E-state index is 6.14. The first kappa shape index (κ1) is 15.2. The van der Waals surface area contributed by atoms with Crippen LogP contribution >= 0.6 is 22.9 Å². The van der Waals surface area contributed by atoms with Crippen LogP contribution in [0.3, 0.4) is 0 Å². The van der Waals surface area contributed by atoms with Crippen LogP contribution in [0.4, 0.5) is 10.8 Å². The lowest BCUT2D eigenvalue weighted by Gasteiger charge is -2.03. The van der Waals surface area contributed by atoms with Crippen LogP contribution in [-0.2, 0) is 0 Å². The molecule has 0 atom stereocenters. The van der Waals surface area contributed by atoms with Crippen LogP contribution in [0.5, 0.6) is 0 Å². The van der Waals surface area contributed by atoms with E-state index in [4.69, 9.17) is 16.6 Å². The van der Waals surface area contributed by atoms with Gasteiger partial charge in [-0.2, -0.15) is 0 Å². The summed E-state index contributed by atoms with van der Waals surface area (Å²) in [6, 6.07) is 12.0. The van der Waals surface area contributed by atoms with Gasteiger partial charge in [0.15, 0.2) is 5.13 Å². The third-order valence-electron chi connectivity index (χ3n) is 3.77. The molecule has 1 aromatic carbocycles. The molecule has 0 fully saturated rings. The summed E-state index contributed by atoms with van der Waals surface area (Å²) in [5.74, 6) is 0. The number of halogens is 1. The minimum atomic E-state index is 0.675. The molecular weight excluding hydrogens is 340 g/mol. The first-order chi connectivity index (χ1) is 11.6. The number of fused-ring (bicyclic) bond motifs is 1. The fraction of sp³-hybridized carbons (Fsp3) is 0.111. The van der Waals surface area contributed by atoms with Gasteiger partial charge < -0.3 is 5.32 Å². The van der Waals surface area contributed by atoms with E-state index in [1.807, 2.05) is 47.2 Å². The van der Waals surface area contributed by atoms with Gasteiger partial charge in [-0.15, -0.1) is 11.3 Å². The Balaban J connectivity index is 1.73. The van der Waals surface area contributed by atoms with Crippen molar-refractivity contribution in [2.24, 2.45) is 0 Å². The Morgan fingerprint density at radius 1 is 1.12 bits per heavy atom. The number of thiazole rings is 1. The number of hydrogen-bond acceptors (Lipinski definition) is 4. The van der Waals surface area contributed by atoms with Crippen LogP contribution in [-0.4, -0.2) is 14.4 Å². The zero-order chi connectivity index (χ0) is 16.7. The monoisotopic (exact) mass is 354 g/mol. The number of nitrogens with one attached hydrogen (secondary N) is 1. The van der Waals surface area contributed by atoms with Gasteiger partial charge in [0.2, 0.25) is 0 Å². The van der Waals surface area contributed by atoms with Crippen LogP contribution in [0.2, 0.25) is 5.02 Å². The van der Waals surface area contributed by atoms with E-state index in [9.17, 15) is 0 Å². The highest BCUT2D eigenvalue weighted by Gasteiger charge is 2.14. The van der Waals surface area contributed by atoms with Crippen molar-refractivity contribution in [1.29, 1.82) is 0 Å². The summed E-state index contributed by atoms with van der Waals surface area (Å²) in [4.78, 5) is 9.31. The van der Waals surface area contributed by atoms with Crippen molar-refractivity contribution in [3.8, 4) is 11.4 Å². The van der Waals surface area contributed by atoms with E-state index in [-0.39, 0.29) is 0 Å². The smallest absolute Gasteiger partial charge is 0.187 e. The molecule has 0 saturated heterocycles. The van der Waals surface area contributed by atoms with Gasteiger partial charge in [-0.1, -0.05) is 23.7 Å². The number of rotatable bonds is 3. The van der Waals surface area contributed by atoms with E-state index >= 15 is 0 Å². The number of aryl methyl sites for hydroxylation is 2. The molecule has 24 heavy (non-hydrogen) atoms. The quantitative estimate of drug-likeness (QED) is 0.530. The third kappa shape index (κ3) is 2.77. The predicted molar refractivity (Wildman–Crippen MR) is 101 cm³/mol. The Hall–Kier alpha value is -2.37. The Morgan fingerprint density at radius 3 is 2.83 bits per heavy atom.